The largest absolute Gasteiger partial charge is 0.340 e. The van der Waals surface area contributed by atoms with E-state index in [2.05, 4.69) is 34.3 Å². The fraction of sp³-hybridized carbons (Fsp3) is 0.846. The zero-order valence-electron chi connectivity index (χ0n) is 11.3. The number of H-pyrrole nitrogens is 2. The van der Waals surface area contributed by atoms with Crippen molar-refractivity contribution < 1.29 is 0 Å². The molecule has 3 N–H and O–H groups in total. The zero-order valence-corrected chi connectivity index (χ0v) is 11.3. The van der Waals surface area contributed by atoms with Gasteiger partial charge in [-0.05, 0) is 31.1 Å². The Labute approximate surface area is 108 Å². The lowest BCUT2D eigenvalue weighted by Gasteiger charge is -2.21. The average molecular weight is 252 g/mol. The van der Waals surface area contributed by atoms with Crippen LogP contribution in [0.25, 0.3) is 0 Å². The Morgan fingerprint density at radius 2 is 2.28 bits per heavy atom. The van der Waals surface area contributed by atoms with Crippen molar-refractivity contribution in [2.45, 2.75) is 58.5 Å². The minimum Gasteiger partial charge on any atom is -0.307 e. The van der Waals surface area contributed by atoms with Crippen molar-refractivity contribution in [2.24, 2.45) is 11.8 Å². The van der Waals surface area contributed by atoms with Crippen LogP contribution in [-0.2, 0) is 6.54 Å². The first-order valence-corrected chi connectivity index (χ1v) is 7.02. The van der Waals surface area contributed by atoms with Crippen LogP contribution in [0, 0.1) is 11.8 Å². The van der Waals surface area contributed by atoms with E-state index in [1.807, 2.05) is 0 Å². The van der Waals surface area contributed by atoms with Gasteiger partial charge in [-0.3, -0.25) is 4.98 Å². The molecule has 0 spiro atoms. The molecule has 1 aliphatic rings. The Morgan fingerprint density at radius 1 is 1.44 bits per heavy atom. The summed E-state index contributed by atoms with van der Waals surface area (Å²) in [5.74, 6) is 2.28. The highest BCUT2D eigenvalue weighted by Crippen LogP contribution is 2.30. The molecule has 1 aliphatic carbocycles. The van der Waals surface area contributed by atoms with E-state index in [1.54, 1.807) is 0 Å². The third-order valence-corrected chi connectivity index (χ3v) is 3.86. The van der Waals surface area contributed by atoms with E-state index < -0.39 is 0 Å². The molecular formula is C13H24N4O. The molecule has 1 saturated carbocycles. The van der Waals surface area contributed by atoms with Crippen molar-refractivity contribution in [1.82, 2.24) is 20.5 Å². The van der Waals surface area contributed by atoms with E-state index in [-0.39, 0.29) is 5.69 Å². The maximum atomic E-state index is 10.9. The summed E-state index contributed by atoms with van der Waals surface area (Å²) in [6.07, 6.45) is 6.52. The van der Waals surface area contributed by atoms with Gasteiger partial charge in [0.25, 0.3) is 0 Å². The van der Waals surface area contributed by atoms with Crippen molar-refractivity contribution in [2.75, 3.05) is 0 Å². The van der Waals surface area contributed by atoms with Gasteiger partial charge in [-0.2, -0.15) is 5.10 Å². The summed E-state index contributed by atoms with van der Waals surface area (Å²) in [5.41, 5.74) is -0.227. The molecule has 0 radical (unpaired) electrons. The average Bonchev–Trinajstić information content (AvgIpc) is 2.92. The molecule has 1 aromatic rings. The standard InChI is InChI=1S/C13H24N4O/c1-9(2)6-7-10-4-3-5-11(10)14-8-12-15-13(18)17-16-12/h9-11,14H,3-8H2,1-2H3,(H2,15,16,17,18)/t10-,11+/m1/s1. The van der Waals surface area contributed by atoms with Gasteiger partial charge in [0.2, 0.25) is 0 Å². The van der Waals surface area contributed by atoms with Crippen molar-refractivity contribution >= 4 is 0 Å². The zero-order chi connectivity index (χ0) is 13.0. The molecule has 0 aromatic carbocycles. The first kappa shape index (κ1) is 13.3. The molecule has 18 heavy (non-hydrogen) atoms. The number of hydrogen-bond acceptors (Lipinski definition) is 3. The van der Waals surface area contributed by atoms with E-state index in [4.69, 9.17) is 0 Å². The minimum absolute atomic E-state index is 0.227. The van der Waals surface area contributed by atoms with Crippen LogP contribution in [0.2, 0.25) is 0 Å². The van der Waals surface area contributed by atoms with Crippen LogP contribution in [0.15, 0.2) is 4.79 Å². The monoisotopic (exact) mass is 252 g/mol. The second-order valence-corrected chi connectivity index (χ2v) is 5.77. The molecule has 1 heterocycles. The molecule has 0 saturated heterocycles. The molecule has 0 amide bonds. The summed E-state index contributed by atoms with van der Waals surface area (Å²) in [6, 6.07) is 0.587. The van der Waals surface area contributed by atoms with Gasteiger partial charge in [0.15, 0.2) is 0 Å². The maximum Gasteiger partial charge on any atom is 0.340 e. The number of aromatic amines is 2. The highest BCUT2D eigenvalue weighted by molar-refractivity contribution is 4.87. The summed E-state index contributed by atoms with van der Waals surface area (Å²) < 4.78 is 0. The van der Waals surface area contributed by atoms with Gasteiger partial charge in [-0.25, -0.2) is 9.89 Å². The van der Waals surface area contributed by atoms with E-state index in [0.29, 0.717) is 18.4 Å². The van der Waals surface area contributed by atoms with Crippen molar-refractivity contribution in [1.29, 1.82) is 0 Å². The number of aromatic nitrogens is 3. The topological polar surface area (TPSA) is 73.6 Å². The molecule has 2 atom stereocenters. The smallest absolute Gasteiger partial charge is 0.307 e. The quantitative estimate of drug-likeness (QED) is 0.722. The first-order chi connectivity index (χ1) is 8.65. The molecule has 1 fully saturated rings. The second kappa shape index (κ2) is 6.18. The predicted octanol–water partition coefficient (Wildman–Crippen LogP) is 1.79. The molecule has 0 bridgehead atoms. The molecule has 102 valence electrons. The summed E-state index contributed by atoms with van der Waals surface area (Å²) in [5, 5.41) is 9.85. The predicted molar refractivity (Wildman–Crippen MR) is 71.2 cm³/mol. The molecule has 5 heteroatoms. The Hall–Kier alpha value is -1.10. The number of hydrogen-bond donors (Lipinski definition) is 3. The van der Waals surface area contributed by atoms with E-state index >= 15 is 0 Å². The van der Waals surface area contributed by atoms with Gasteiger partial charge < -0.3 is 5.32 Å². The van der Waals surface area contributed by atoms with Crippen LogP contribution in [0.1, 0.15) is 51.8 Å². The fourth-order valence-corrected chi connectivity index (χ4v) is 2.82. The minimum atomic E-state index is -0.227. The molecule has 0 unspecified atom stereocenters. The van der Waals surface area contributed by atoms with Crippen molar-refractivity contribution in [3.63, 3.8) is 0 Å². The third kappa shape index (κ3) is 3.70. The van der Waals surface area contributed by atoms with Gasteiger partial charge in [0.1, 0.15) is 5.82 Å². The molecule has 1 aromatic heterocycles. The van der Waals surface area contributed by atoms with Crippen LogP contribution in [0.5, 0.6) is 0 Å². The Morgan fingerprint density at radius 3 is 2.94 bits per heavy atom. The highest BCUT2D eigenvalue weighted by Gasteiger charge is 2.26. The lowest BCUT2D eigenvalue weighted by atomic mass is 9.94. The first-order valence-electron chi connectivity index (χ1n) is 7.02. The van der Waals surface area contributed by atoms with Gasteiger partial charge in [0.05, 0.1) is 6.54 Å². The van der Waals surface area contributed by atoms with Gasteiger partial charge >= 0.3 is 5.69 Å². The lowest BCUT2D eigenvalue weighted by molar-refractivity contribution is 0.348. The second-order valence-electron chi connectivity index (χ2n) is 5.77. The van der Waals surface area contributed by atoms with E-state index in [1.165, 1.54) is 32.1 Å². The molecule has 5 nitrogen and oxygen atoms in total. The highest BCUT2D eigenvalue weighted by atomic mass is 16.1. The number of nitrogens with zero attached hydrogens (tertiary/aromatic N) is 1. The van der Waals surface area contributed by atoms with Gasteiger partial charge in [0, 0.05) is 6.04 Å². The molecule has 0 aliphatic heterocycles. The van der Waals surface area contributed by atoms with Crippen LogP contribution in [0.4, 0.5) is 0 Å². The normalized spacial score (nSPS) is 23.9. The van der Waals surface area contributed by atoms with E-state index in [9.17, 15) is 4.79 Å². The van der Waals surface area contributed by atoms with Crippen LogP contribution < -0.4 is 11.0 Å². The summed E-state index contributed by atoms with van der Waals surface area (Å²) in [7, 11) is 0. The Balaban J connectivity index is 1.78. The van der Waals surface area contributed by atoms with Crippen LogP contribution in [0.3, 0.4) is 0 Å². The van der Waals surface area contributed by atoms with Crippen LogP contribution >= 0.6 is 0 Å². The number of nitrogens with one attached hydrogen (secondary N) is 3. The summed E-state index contributed by atoms with van der Waals surface area (Å²) >= 11 is 0. The van der Waals surface area contributed by atoms with Gasteiger partial charge in [-0.1, -0.05) is 26.7 Å². The lowest BCUT2D eigenvalue weighted by Crippen LogP contribution is -2.32. The van der Waals surface area contributed by atoms with Crippen molar-refractivity contribution in [3.8, 4) is 0 Å². The van der Waals surface area contributed by atoms with E-state index in [0.717, 1.165) is 11.8 Å². The Bertz CT molecular complexity index is 409. The van der Waals surface area contributed by atoms with Crippen molar-refractivity contribution in [3.05, 3.63) is 16.3 Å². The SMILES string of the molecule is CC(C)CC[C@H]1CCC[C@@H]1NCc1n[nH]c(=O)[nH]1. The summed E-state index contributed by atoms with van der Waals surface area (Å²) in [6.45, 7) is 5.22. The van der Waals surface area contributed by atoms with Gasteiger partial charge in [-0.15, -0.1) is 0 Å². The molecule has 2 rings (SSSR count). The Kier molecular flexibility index (Phi) is 4.58. The number of rotatable bonds is 6. The fourth-order valence-electron chi connectivity index (χ4n) is 2.82. The maximum absolute atomic E-state index is 10.9. The summed E-state index contributed by atoms with van der Waals surface area (Å²) in [4.78, 5) is 13.6. The molecular weight excluding hydrogens is 228 g/mol. The third-order valence-electron chi connectivity index (χ3n) is 3.86. The van der Waals surface area contributed by atoms with Crippen LogP contribution in [-0.4, -0.2) is 21.2 Å².